The first-order chi connectivity index (χ1) is 9.29. The second kappa shape index (κ2) is 4.11. The summed E-state index contributed by atoms with van der Waals surface area (Å²) >= 11 is 0. The molecule has 0 radical (unpaired) electrons. The highest BCUT2D eigenvalue weighted by molar-refractivity contribution is 5.31. The van der Waals surface area contributed by atoms with E-state index in [1.807, 2.05) is 12.3 Å². The number of nitrogen functional groups attached to an aromatic ring is 1. The minimum absolute atomic E-state index is 0.446. The van der Waals surface area contributed by atoms with Crippen molar-refractivity contribution in [2.75, 3.05) is 5.73 Å². The van der Waals surface area contributed by atoms with Crippen LogP contribution in [0.1, 0.15) is 67.2 Å². The van der Waals surface area contributed by atoms with Crippen LogP contribution in [0.25, 0.3) is 0 Å². The lowest BCUT2D eigenvalue weighted by atomic mass is 10.0. The van der Waals surface area contributed by atoms with E-state index in [4.69, 9.17) is 10.2 Å². The molecule has 0 bridgehead atoms. The number of rotatable bonds is 3. The Morgan fingerprint density at radius 1 is 1.16 bits per heavy atom. The standard InChI is InChI=1S/C14H18N4O/c15-13-6-11(17-18-13)9-3-4-10(5-9)14-16-7-12(19-14)8-1-2-8/h6-10H,1-5H2,(H3,15,17,18). The van der Waals surface area contributed by atoms with E-state index in [2.05, 4.69) is 15.2 Å². The lowest BCUT2D eigenvalue weighted by Crippen LogP contribution is -1.96. The van der Waals surface area contributed by atoms with Crippen LogP contribution in [-0.2, 0) is 0 Å². The fraction of sp³-hybridized carbons (Fsp3) is 0.571. The van der Waals surface area contributed by atoms with Gasteiger partial charge < -0.3 is 10.2 Å². The minimum Gasteiger partial charge on any atom is -0.445 e. The van der Waals surface area contributed by atoms with Gasteiger partial charge in [-0.15, -0.1) is 0 Å². The molecule has 2 fully saturated rings. The highest BCUT2D eigenvalue weighted by Gasteiger charge is 2.33. The normalized spacial score (nSPS) is 26.9. The number of hydrogen-bond acceptors (Lipinski definition) is 4. The lowest BCUT2D eigenvalue weighted by molar-refractivity contribution is 0.418. The van der Waals surface area contributed by atoms with Crippen molar-refractivity contribution in [1.29, 1.82) is 0 Å². The highest BCUT2D eigenvalue weighted by Crippen LogP contribution is 2.45. The van der Waals surface area contributed by atoms with Gasteiger partial charge in [-0.2, -0.15) is 5.10 Å². The third kappa shape index (κ3) is 2.03. The highest BCUT2D eigenvalue weighted by atomic mass is 16.4. The molecule has 3 N–H and O–H groups in total. The summed E-state index contributed by atoms with van der Waals surface area (Å²) < 4.78 is 5.92. The van der Waals surface area contributed by atoms with Gasteiger partial charge in [0.05, 0.1) is 6.20 Å². The van der Waals surface area contributed by atoms with Crippen LogP contribution in [0.4, 0.5) is 5.82 Å². The lowest BCUT2D eigenvalue weighted by Gasteiger charge is -2.06. The molecule has 5 heteroatoms. The summed E-state index contributed by atoms with van der Waals surface area (Å²) in [4.78, 5) is 4.48. The first-order valence-electron chi connectivity index (χ1n) is 7.06. The van der Waals surface area contributed by atoms with E-state index >= 15 is 0 Å². The van der Waals surface area contributed by atoms with E-state index in [1.54, 1.807) is 0 Å². The molecule has 2 saturated carbocycles. The summed E-state index contributed by atoms with van der Waals surface area (Å²) in [5.41, 5.74) is 6.81. The maximum atomic E-state index is 5.92. The van der Waals surface area contributed by atoms with Gasteiger partial charge in [-0.3, -0.25) is 5.10 Å². The fourth-order valence-electron chi connectivity index (χ4n) is 3.10. The van der Waals surface area contributed by atoms with E-state index in [9.17, 15) is 0 Å². The largest absolute Gasteiger partial charge is 0.445 e. The second-order valence-electron chi connectivity index (χ2n) is 5.83. The van der Waals surface area contributed by atoms with E-state index in [-0.39, 0.29) is 0 Å². The first kappa shape index (κ1) is 11.1. The number of anilines is 1. The number of aromatic nitrogens is 3. The maximum Gasteiger partial charge on any atom is 0.197 e. The number of H-pyrrole nitrogens is 1. The van der Waals surface area contributed by atoms with Crippen molar-refractivity contribution in [1.82, 2.24) is 15.2 Å². The zero-order valence-electron chi connectivity index (χ0n) is 10.8. The van der Waals surface area contributed by atoms with E-state index in [0.717, 1.165) is 36.6 Å². The predicted molar refractivity (Wildman–Crippen MR) is 70.8 cm³/mol. The Morgan fingerprint density at radius 3 is 2.68 bits per heavy atom. The minimum atomic E-state index is 0.446. The van der Waals surface area contributed by atoms with E-state index in [1.165, 1.54) is 12.8 Å². The molecule has 2 unspecified atom stereocenters. The average molecular weight is 258 g/mol. The van der Waals surface area contributed by atoms with Crippen LogP contribution in [0.5, 0.6) is 0 Å². The Morgan fingerprint density at radius 2 is 1.95 bits per heavy atom. The molecule has 0 aromatic carbocycles. The summed E-state index contributed by atoms with van der Waals surface area (Å²) in [6, 6.07) is 1.94. The van der Waals surface area contributed by atoms with Crippen LogP contribution in [-0.4, -0.2) is 15.2 Å². The Hall–Kier alpha value is -1.78. The second-order valence-corrected chi connectivity index (χ2v) is 5.83. The van der Waals surface area contributed by atoms with Gasteiger partial charge in [-0.05, 0) is 32.1 Å². The number of hydrogen-bond donors (Lipinski definition) is 2. The number of nitrogens with zero attached hydrogens (tertiary/aromatic N) is 2. The van der Waals surface area contributed by atoms with Gasteiger partial charge in [0.15, 0.2) is 5.89 Å². The molecule has 2 heterocycles. The zero-order chi connectivity index (χ0) is 12.8. The van der Waals surface area contributed by atoms with Crippen molar-refractivity contribution in [3.63, 3.8) is 0 Å². The smallest absolute Gasteiger partial charge is 0.197 e. The van der Waals surface area contributed by atoms with Crippen molar-refractivity contribution in [2.45, 2.75) is 49.9 Å². The molecule has 2 aromatic rings. The topological polar surface area (TPSA) is 80.7 Å². The van der Waals surface area contributed by atoms with E-state index in [0.29, 0.717) is 23.6 Å². The van der Waals surface area contributed by atoms with Gasteiger partial charge in [-0.25, -0.2) is 4.98 Å². The molecule has 0 spiro atoms. The van der Waals surface area contributed by atoms with Crippen molar-refractivity contribution >= 4 is 5.82 Å². The molecular weight excluding hydrogens is 240 g/mol. The van der Waals surface area contributed by atoms with Crippen LogP contribution in [0.15, 0.2) is 16.7 Å². The summed E-state index contributed by atoms with van der Waals surface area (Å²) in [6.07, 6.45) is 7.80. The zero-order valence-corrected chi connectivity index (χ0v) is 10.8. The molecule has 0 saturated heterocycles. The maximum absolute atomic E-state index is 5.92. The third-order valence-electron chi connectivity index (χ3n) is 4.36. The summed E-state index contributed by atoms with van der Waals surface area (Å²) in [5.74, 6) is 4.19. The predicted octanol–water partition coefficient (Wildman–Crippen LogP) is 2.91. The molecule has 2 aliphatic carbocycles. The Balaban J connectivity index is 1.48. The van der Waals surface area contributed by atoms with Crippen LogP contribution >= 0.6 is 0 Å². The number of oxazole rings is 1. The van der Waals surface area contributed by atoms with Crippen molar-refractivity contribution in [2.24, 2.45) is 0 Å². The van der Waals surface area contributed by atoms with Crippen molar-refractivity contribution < 1.29 is 4.42 Å². The third-order valence-corrected chi connectivity index (χ3v) is 4.36. The molecule has 100 valence electrons. The van der Waals surface area contributed by atoms with Gasteiger partial charge in [-0.1, -0.05) is 0 Å². The van der Waals surface area contributed by atoms with Crippen LogP contribution in [0.2, 0.25) is 0 Å². The molecular formula is C14H18N4O. The van der Waals surface area contributed by atoms with Gasteiger partial charge in [0.25, 0.3) is 0 Å². The van der Waals surface area contributed by atoms with E-state index < -0.39 is 0 Å². The average Bonchev–Trinajstić information content (AvgIpc) is 2.86. The van der Waals surface area contributed by atoms with Gasteiger partial charge in [0.1, 0.15) is 11.6 Å². The Kier molecular flexibility index (Phi) is 2.40. The number of nitrogens with two attached hydrogens (primary N) is 1. The number of aromatic amines is 1. The van der Waals surface area contributed by atoms with Crippen LogP contribution < -0.4 is 5.73 Å². The molecule has 2 aliphatic rings. The quantitative estimate of drug-likeness (QED) is 0.887. The summed E-state index contributed by atoms with van der Waals surface area (Å²) in [6.45, 7) is 0. The Labute approximate surface area is 111 Å². The molecule has 0 aliphatic heterocycles. The van der Waals surface area contributed by atoms with Crippen molar-refractivity contribution in [3.8, 4) is 0 Å². The molecule has 0 amide bonds. The van der Waals surface area contributed by atoms with Crippen LogP contribution in [0, 0.1) is 0 Å². The van der Waals surface area contributed by atoms with Gasteiger partial charge in [0.2, 0.25) is 0 Å². The van der Waals surface area contributed by atoms with Gasteiger partial charge >= 0.3 is 0 Å². The fourth-order valence-corrected chi connectivity index (χ4v) is 3.10. The summed E-state index contributed by atoms with van der Waals surface area (Å²) in [7, 11) is 0. The molecule has 2 atom stereocenters. The molecule has 19 heavy (non-hydrogen) atoms. The van der Waals surface area contributed by atoms with Crippen LogP contribution in [0.3, 0.4) is 0 Å². The molecule has 4 rings (SSSR count). The Bertz CT molecular complexity index is 584. The van der Waals surface area contributed by atoms with Crippen molar-refractivity contribution in [3.05, 3.63) is 29.6 Å². The molecule has 5 nitrogen and oxygen atoms in total. The number of nitrogens with one attached hydrogen (secondary N) is 1. The molecule has 2 aromatic heterocycles. The van der Waals surface area contributed by atoms with Gasteiger partial charge in [0, 0.05) is 29.5 Å². The SMILES string of the molecule is Nc1cc(C2CCC(c3ncc(C4CC4)o3)C2)[nH]n1. The first-order valence-corrected chi connectivity index (χ1v) is 7.06. The summed E-state index contributed by atoms with van der Waals surface area (Å²) in [5, 5.41) is 7.04. The monoisotopic (exact) mass is 258 g/mol.